The van der Waals surface area contributed by atoms with Gasteiger partial charge in [0.2, 0.25) is 0 Å². The predicted molar refractivity (Wildman–Crippen MR) is 87.7 cm³/mol. The lowest BCUT2D eigenvalue weighted by Crippen LogP contribution is -2.24. The summed E-state index contributed by atoms with van der Waals surface area (Å²) in [5.41, 5.74) is 1.62. The largest absolute Gasteiger partial charge is 0.383 e. The Kier molecular flexibility index (Phi) is 4.56. The van der Waals surface area contributed by atoms with E-state index in [2.05, 4.69) is 10.3 Å². The Hall–Kier alpha value is -1.97. The van der Waals surface area contributed by atoms with Gasteiger partial charge < -0.3 is 5.32 Å². The summed E-state index contributed by atoms with van der Waals surface area (Å²) >= 11 is 1.95. The molecule has 0 aliphatic rings. The van der Waals surface area contributed by atoms with Crippen molar-refractivity contribution in [3.8, 4) is 0 Å². The molecule has 0 atom stereocenters. The molecule has 0 saturated carbocycles. The minimum atomic E-state index is -0.449. The summed E-state index contributed by atoms with van der Waals surface area (Å²) in [6, 6.07) is 4.84. The number of nitro groups is 1. The summed E-state index contributed by atoms with van der Waals surface area (Å²) in [5, 5.41) is 13.8. The molecule has 0 saturated heterocycles. The maximum atomic E-state index is 12.1. The molecule has 1 N–H and O–H groups in total. The first-order valence-corrected chi connectivity index (χ1v) is 7.18. The maximum Gasteiger partial charge on any atom is 0.292 e. The molecule has 0 spiro atoms. The molecular weight excluding hydrogens is 387 g/mol. The monoisotopic (exact) mass is 400 g/mol. The minimum Gasteiger partial charge on any atom is -0.383 e. The number of nitrogens with one attached hydrogen (secondary N) is 1. The first kappa shape index (κ1) is 15.4. The Bertz CT molecular complexity index is 758. The average molecular weight is 400 g/mol. The first-order valence-electron chi connectivity index (χ1n) is 6.10. The van der Waals surface area contributed by atoms with Crippen LogP contribution in [0.4, 0.5) is 11.4 Å². The van der Waals surface area contributed by atoms with Crippen LogP contribution in [0, 0.1) is 20.6 Å². The number of benzene rings is 1. The van der Waals surface area contributed by atoms with Crippen LogP contribution >= 0.6 is 22.6 Å². The molecule has 8 heteroatoms. The molecular formula is C13H13IN4O3. The highest BCUT2D eigenvalue weighted by molar-refractivity contribution is 14.1. The topological polar surface area (TPSA) is 90.1 Å². The van der Waals surface area contributed by atoms with E-state index in [0.29, 0.717) is 20.5 Å². The van der Waals surface area contributed by atoms with Crippen molar-refractivity contribution < 1.29 is 4.92 Å². The van der Waals surface area contributed by atoms with E-state index in [9.17, 15) is 14.9 Å². The number of rotatable bonds is 4. The molecule has 110 valence electrons. The van der Waals surface area contributed by atoms with Crippen LogP contribution in [0.3, 0.4) is 0 Å². The van der Waals surface area contributed by atoms with Crippen molar-refractivity contribution in [2.24, 2.45) is 0 Å². The fourth-order valence-electron chi connectivity index (χ4n) is 1.89. The van der Waals surface area contributed by atoms with Gasteiger partial charge in [0.25, 0.3) is 11.2 Å². The summed E-state index contributed by atoms with van der Waals surface area (Å²) in [6.07, 6.45) is 1.46. The van der Waals surface area contributed by atoms with E-state index < -0.39 is 4.92 Å². The quantitative estimate of drug-likeness (QED) is 0.483. The van der Waals surface area contributed by atoms with E-state index >= 15 is 0 Å². The molecule has 0 amide bonds. The number of anilines is 1. The molecule has 0 radical (unpaired) electrons. The van der Waals surface area contributed by atoms with Crippen LogP contribution in [-0.4, -0.2) is 21.5 Å². The Morgan fingerprint density at radius 2 is 2.19 bits per heavy atom. The molecule has 2 rings (SSSR count). The van der Waals surface area contributed by atoms with Gasteiger partial charge in [-0.2, -0.15) is 0 Å². The van der Waals surface area contributed by atoms with Gasteiger partial charge >= 0.3 is 0 Å². The highest BCUT2D eigenvalue weighted by Crippen LogP contribution is 2.25. The lowest BCUT2D eigenvalue weighted by atomic mass is 10.1. The molecule has 2 aromatic rings. The van der Waals surface area contributed by atoms with Crippen molar-refractivity contribution in [3.63, 3.8) is 0 Å². The normalized spacial score (nSPS) is 10.4. The summed E-state index contributed by atoms with van der Waals surface area (Å²) < 4.78 is 1.99. The Morgan fingerprint density at radius 1 is 1.48 bits per heavy atom. The van der Waals surface area contributed by atoms with E-state index in [1.807, 2.05) is 22.6 Å². The zero-order valence-corrected chi connectivity index (χ0v) is 13.6. The van der Waals surface area contributed by atoms with Gasteiger partial charge in [0.15, 0.2) is 0 Å². The predicted octanol–water partition coefficient (Wildman–Crippen LogP) is 2.15. The highest BCUT2D eigenvalue weighted by atomic mass is 127. The van der Waals surface area contributed by atoms with Crippen LogP contribution in [0.25, 0.3) is 0 Å². The van der Waals surface area contributed by atoms with Gasteiger partial charge in [-0.05, 0) is 41.1 Å². The second-order valence-electron chi connectivity index (χ2n) is 4.44. The molecule has 7 nitrogen and oxygen atoms in total. The number of aromatic nitrogens is 2. The van der Waals surface area contributed by atoms with E-state index in [0.717, 1.165) is 0 Å². The number of nitrogens with zero attached hydrogens (tertiary/aromatic N) is 3. The molecule has 0 aliphatic carbocycles. The molecule has 0 bridgehead atoms. The Balaban J connectivity index is 2.41. The van der Waals surface area contributed by atoms with E-state index in [4.69, 9.17) is 0 Å². The van der Waals surface area contributed by atoms with Crippen LogP contribution in [-0.2, 0) is 6.54 Å². The van der Waals surface area contributed by atoms with Gasteiger partial charge in [-0.25, -0.2) is 4.98 Å². The number of nitro benzene ring substituents is 1. The molecule has 1 aromatic carbocycles. The zero-order valence-electron chi connectivity index (χ0n) is 11.5. The Labute approximate surface area is 134 Å². The molecule has 1 aromatic heterocycles. The maximum absolute atomic E-state index is 12.1. The third kappa shape index (κ3) is 3.20. The van der Waals surface area contributed by atoms with Crippen LogP contribution in [0.1, 0.15) is 11.3 Å². The lowest BCUT2D eigenvalue weighted by molar-refractivity contribution is -0.384. The average Bonchev–Trinajstić information content (AvgIpc) is 2.47. The Morgan fingerprint density at radius 3 is 2.81 bits per heavy atom. The van der Waals surface area contributed by atoms with Gasteiger partial charge in [0.1, 0.15) is 5.69 Å². The summed E-state index contributed by atoms with van der Waals surface area (Å²) in [5.74, 6) is 0. The fraction of sp³-hybridized carbons (Fsp3) is 0.231. The standard InChI is InChI=1S/C13H13IN4O3/c1-8-12(14)13(19)17(7-16-8)6-9-3-4-10(15-2)11(5-9)18(20)21/h3-5,7,15H,6H2,1-2H3. The summed E-state index contributed by atoms with van der Waals surface area (Å²) in [6.45, 7) is 2.01. The van der Waals surface area contributed by atoms with Gasteiger partial charge in [-0.1, -0.05) is 6.07 Å². The van der Waals surface area contributed by atoms with E-state index in [-0.39, 0.29) is 17.8 Å². The zero-order chi connectivity index (χ0) is 15.6. The van der Waals surface area contributed by atoms with Gasteiger partial charge in [-0.3, -0.25) is 19.5 Å². The number of aryl methyl sites for hydroxylation is 1. The molecule has 1 heterocycles. The number of halogens is 1. The van der Waals surface area contributed by atoms with Gasteiger partial charge in [0.05, 0.1) is 27.1 Å². The fourth-order valence-corrected chi connectivity index (χ4v) is 2.34. The van der Waals surface area contributed by atoms with Crippen LogP contribution in [0.5, 0.6) is 0 Å². The van der Waals surface area contributed by atoms with E-state index in [1.54, 1.807) is 26.1 Å². The smallest absolute Gasteiger partial charge is 0.292 e. The minimum absolute atomic E-state index is 0.0159. The molecule has 0 unspecified atom stereocenters. The van der Waals surface area contributed by atoms with Gasteiger partial charge in [-0.15, -0.1) is 0 Å². The van der Waals surface area contributed by atoms with Crippen molar-refractivity contribution in [2.45, 2.75) is 13.5 Å². The van der Waals surface area contributed by atoms with Crippen LogP contribution < -0.4 is 10.9 Å². The lowest BCUT2D eigenvalue weighted by Gasteiger charge is -2.08. The van der Waals surface area contributed by atoms with Crippen molar-refractivity contribution in [1.82, 2.24) is 9.55 Å². The number of hydrogen-bond acceptors (Lipinski definition) is 5. The van der Waals surface area contributed by atoms with Crippen molar-refractivity contribution in [3.05, 3.63) is 59.8 Å². The molecule has 21 heavy (non-hydrogen) atoms. The summed E-state index contributed by atoms with van der Waals surface area (Å²) in [4.78, 5) is 26.8. The summed E-state index contributed by atoms with van der Waals surface area (Å²) in [7, 11) is 1.62. The molecule has 0 fully saturated rings. The van der Waals surface area contributed by atoms with Crippen molar-refractivity contribution in [2.75, 3.05) is 12.4 Å². The van der Waals surface area contributed by atoms with Crippen molar-refractivity contribution in [1.29, 1.82) is 0 Å². The second-order valence-corrected chi connectivity index (χ2v) is 5.51. The van der Waals surface area contributed by atoms with Crippen LogP contribution in [0.15, 0.2) is 29.3 Å². The highest BCUT2D eigenvalue weighted by Gasteiger charge is 2.14. The third-order valence-corrected chi connectivity index (χ3v) is 4.28. The SMILES string of the molecule is CNc1ccc(Cn2cnc(C)c(I)c2=O)cc1[N+](=O)[O-]. The van der Waals surface area contributed by atoms with Crippen molar-refractivity contribution >= 4 is 34.0 Å². The van der Waals surface area contributed by atoms with Crippen LogP contribution in [0.2, 0.25) is 0 Å². The second kappa shape index (κ2) is 6.20. The van der Waals surface area contributed by atoms with Gasteiger partial charge in [0, 0.05) is 13.1 Å². The molecule has 0 aliphatic heterocycles. The van der Waals surface area contributed by atoms with E-state index in [1.165, 1.54) is 17.0 Å². The first-order chi connectivity index (χ1) is 9.93. The number of hydrogen-bond donors (Lipinski definition) is 1. The third-order valence-electron chi connectivity index (χ3n) is 3.04.